The van der Waals surface area contributed by atoms with Gasteiger partial charge in [-0.05, 0) is 36.2 Å². The van der Waals surface area contributed by atoms with Gasteiger partial charge in [0.05, 0.1) is 0 Å². The van der Waals surface area contributed by atoms with E-state index in [4.69, 9.17) is 28.9 Å². The third kappa shape index (κ3) is 3.75. The molecule has 2 aromatic rings. The van der Waals surface area contributed by atoms with E-state index >= 15 is 0 Å². The molecule has 0 bridgehead atoms. The molecular weight excluding hydrogens is 279 g/mol. The fraction of sp³-hybridized carbons (Fsp3) is 0.333. The van der Waals surface area contributed by atoms with Crippen LogP contribution in [0.4, 0.5) is 0 Å². The van der Waals surface area contributed by atoms with Crippen molar-refractivity contribution in [2.45, 2.75) is 32.4 Å². The zero-order valence-electron chi connectivity index (χ0n) is 10.9. The van der Waals surface area contributed by atoms with Crippen molar-refractivity contribution < 1.29 is 0 Å². The fourth-order valence-electron chi connectivity index (χ4n) is 2.04. The molecule has 0 radical (unpaired) electrons. The Morgan fingerprint density at radius 1 is 1.26 bits per heavy atom. The molecule has 0 saturated carbocycles. The molecule has 1 heterocycles. The van der Waals surface area contributed by atoms with Crippen LogP contribution in [0.15, 0.2) is 36.5 Å². The third-order valence-electron chi connectivity index (χ3n) is 3.28. The van der Waals surface area contributed by atoms with E-state index in [2.05, 4.69) is 23.8 Å². The maximum Gasteiger partial charge on any atom is 0.0487 e. The summed E-state index contributed by atoms with van der Waals surface area (Å²) in [5, 5.41) is 1.36. The van der Waals surface area contributed by atoms with E-state index in [0.29, 0.717) is 10.0 Å². The first-order valence-corrected chi connectivity index (χ1v) is 7.19. The summed E-state index contributed by atoms with van der Waals surface area (Å²) in [4.78, 5) is 0. The molecule has 0 aliphatic carbocycles. The predicted octanol–water partition coefficient (Wildman–Crippen LogP) is 4.12. The Balaban J connectivity index is 2.17. The molecule has 0 aliphatic rings. The summed E-state index contributed by atoms with van der Waals surface area (Å²) in [5.74, 6) is 0. The first-order valence-electron chi connectivity index (χ1n) is 6.43. The molecule has 0 spiro atoms. The van der Waals surface area contributed by atoms with E-state index in [1.807, 2.05) is 18.2 Å². The maximum absolute atomic E-state index is 6.21. The van der Waals surface area contributed by atoms with Gasteiger partial charge in [0.2, 0.25) is 0 Å². The lowest BCUT2D eigenvalue weighted by Gasteiger charge is -2.13. The standard InChI is InChI=1S/C15H18Cl2N2/c1-2-13(18)9-14-4-3-7-19(14)10-11-5-6-12(16)8-15(11)17/h3-8,13H,2,9-10,18H2,1H3. The minimum atomic E-state index is 0.203. The molecule has 102 valence electrons. The summed E-state index contributed by atoms with van der Waals surface area (Å²) in [6, 6.07) is 9.97. The average Bonchev–Trinajstić information content (AvgIpc) is 2.80. The highest BCUT2D eigenvalue weighted by Gasteiger charge is 2.08. The summed E-state index contributed by atoms with van der Waals surface area (Å²) in [5.41, 5.74) is 8.32. The summed E-state index contributed by atoms with van der Waals surface area (Å²) < 4.78 is 2.19. The summed E-state index contributed by atoms with van der Waals surface area (Å²) in [7, 11) is 0. The normalized spacial score (nSPS) is 12.6. The molecule has 0 saturated heterocycles. The maximum atomic E-state index is 6.21. The molecule has 19 heavy (non-hydrogen) atoms. The molecule has 1 atom stereocenters. The quantitative estimate of drug-likeness (QED) is 0.884. The van der Waals surface area contributed by atoms with E-state index in [1.165, 1.54) is 5.69 Å². The third-order valence-corrected chi connectivity index (χ3v) is 3.86. The van der Waals surface area contributed by atoms with E-state index < -0.39 is 0 Å². The lowest BCUT2D eigenvalue weighted by Crippen LogP contribution is -2.23. The van der Waals surface area contributed by atoms with Crippen LogP contribution >= 0.6 is 23.2 Å². The molecule has 2 N–H and O–H groups in total. The van der Waals surface area contributed by atoms with Gasteiger partial charge in [-0.2, -0.15) is 0 Å². The molecule has 1 aromatic heterocycles. The molecule has 2 rings (SSSR count). The van der Waals surface area contributed by atoms with Crippen molar-refractivity contribution in [3.05, 3.63) is 57.8 Å². The van der Waals surface area contributed by atoms with Crippen LogP contribution in [0.25, 0.3) is 0 Å². The highest BCUT2D eigenvalue weighted by atomic mass is 35.5. The number of nitrogens with two attached hydrogens (primary N) is 1. The van der Waals surface area contributed by atoms with Crippen molar-refractivity contribution >= 4 is 23.2 Å². The molecule has 0 fully saturated rings. The highest BCUT2D eigenvalue weighted by Crippen LogP contribution is 2.22. The van der Waals surface area contributed by atoms with Gasteiger partial charge < -0.3 is 10.3 Å². The van der Waals surface area contributed by atoms with Crippen molar-refractivity contribution in [2.75, 3.05) is 0 Å². The van der Waals surface area contributed by atoms with Gasteiger partial charge >= 0.3 is 0 Å². The molecule has 4 heteroatoms. The highest BCUT2D eigenvalue weighted by molar-refractivity contribution is 6.35. The Hall–Kier alpha value is -0.960. The second-order valence-corrected chi connectivity index (χ2v) is 5.58. The van der Waals surface area contributed by atoms with Gasteiger partial charge in [0.15, 0.2) is 0 Å². The molecular formula is C15H18Cl2N2. The van der Waals surface area contributed by atoms with Crippen LogP contribution in [0, 0.1) is 0 Å². The van der Waals surface area contributed by atoms with E-state index in [0.717, 1.165) is 24.9 Å². The van der Waals surface area contributed by atoms with E-state index in [-0.39, 0.29) is 6.04 Å². The monoisotopic (exact) mass is 296 g/mol. The topological polar surface area (TPSA) is 30.9 Å². The van der Waals surface area contributed by atoms with Gasteiger partial charge in [0, 0.05) is 40.9 Å². The Morgan fingerprint density at radius 3 is 2.74 bits per heavy atom. The van der Waals surface area contributed by atoms with Gasteiger partial charge in [0.25, 0.3) is 0 Å². The smallest absolute Gasteiger partial charge is 0.0487 e. The first kappa shape index (κ1) is 14.4. The van der Waals surface area contributed by atoms with Crippen molar-refractivity contribution in [1.29, 1.82) is 0 Å². The number of aromatic nitrogens is 1. The van der Waals surface area contributed by atoms with Crippen LogP contribution in [0.5, 0.6) is 0 Å². The first-order chi connectivity index (χ1) is 9.10. The second kappa shape index (κ2) is 6.47. The van der Waals surface area contributed by atoms with Crippen molar-refractivity contribution in [3.63, 3.8) is 0 Å². The van der Waals surface area contributed by atoms with Gasteiger partial charge in [-0.1, -0.05) is 36.2 Å². The van der Waals surface area contributed by atoms with Crippen LogP contribution in [0.2, 0.25) is 10.0 Å². The Kier molecular flexibility index (Phi) is 4.92. The van der Waals surface area contributed by atoms with Crippen LogP contribution in [-0.2, 0) is 13.0 Å². The summed E-state index contributed by atoms with van der Waals surface area (Å²) in [6.45, 7) is 2.85. The second-order valence-electron chi connectivity index (χ2n) is 4.74. The molecule has 0 aliphatic heterocycles. The Morgan fingerprint density at radius 2 is 2.05 bits per heavy atom. The lowest BCUT2D eigenvalue weighted by molar-refractivity contribution is 0.610. The van der Waals surface area contributed by atoms with Gasteiger partial charge in [0.1, 0.15) is 0 Å². The van der Waals surface area contributed by atoms with Crippen LogP contribution in [0.3, 0.4) is 0 Å². The largest absolute Gasteiger partial charge is 0.347 e. The Labute approximate surface area is 124 Å². The van der Waals surface area contributed by atoms with Crippen LogP contribution < -0.4 is 5.73 Å². The minimum absolute atomic E-state index is 0.203. The van der Waals surface area contributed by atoms with Crippen LogP contribution in [-0.4, -0.2) is 10.6 Å². The van der Waals surface area contributed by atoms with Gasteiger partial charge in [-0.25, -0.2) is 0 Å². The molecule has 1 aromatic carbocycles. The van der Waals surface area contributed by atoms with E-state index in [9.17, 15) is 0 Å². The van der Waals surface area contributed by atoms with Gasteiger partial charge in [-0.3, -0.25) is 0 Å². The zero-order valence-corrected chi connectivity index (χ0v) is 12.5. The molecule has 2 nitrogen and oxygen atoms in total. The van der Waals surface area contributed by atoms with Crippen molar-refractivity contribution in [2.24, 2.45) is 5.73 Å². The SMILES string of the molecule is CCC(N)Cc1cccn1Cc1ccc(Cl)cc1Cl. The minimum Gasteiger partial charge on any atom is -0.347 e. The number of hydrogen-bond acceptors (Lipinski definition) is 1. The van der Waals surface area contributed by atoms with Gasteiger partial charge in [-0.15, -0.1) is 0 Å². The number of nitrogens with zero attached hydrogens (tertiary/aromatic N) is 1. The Bertz CT molecular complexity index is 549. The molecule has 0 amide bonds. The number of benzene rings is 1. The fourth-order valence-corrected chi connectivity index (χ4v) is 2.50. The summed E-state index contributed by atoms with van der Waals surface area (Å²) >= 11 is 12.1. The summed E-state index contributed by atoms with van der Waals surface area (Å²) in [6.07, 6.45) is 3.92. The predicted molar refractivity (Wildman–Crippen MR) is 82.0 cm³/mol. The van der Waals surface area contributed by atoms with Crippen LogP contribution in [0.1, 0.15) is 24.6 Å². The zero-order chi connectivity index (χ0) is 13.8. The van der Waals surface area contributed by atoms with Crippen molar-refractivity contribution in [3.8, 4) is 0 Å². The lowest BCUT2D eigenvalue weighted by atomic mass is 10.1. The average molecular weight is 297 g/mol. The van der Waals surface area contributed by atoms with E-state index in [1.54, 1.807) is 6.07 Å². The number of hydrogen-bond donors (Lipinski definition) is 1. The number of halogens is 2. The number of rotatable bonds is 5. The van der Waals surface area contributed by atoms with Crippen molar-refractivity contribution in [1.82, 2.24) is 4.57 Å². The molecule has 1 unspecified atom stereocenters.